The predicted octanol–water partition coefficient (Wildman–Crippen LogP) is 4.47. The SMILES string of the molecule is COC(=O)[C@H]1C(=O)C2=C(C[C@H]1C)NC(C)=C(C(=O)OC1CCCCCC1)[C@H]2c1cccc([N+](=O)[O-])c1. The molecule has 1 saturated carbocycles. The van der Waals surface area contributed by atoms with Gasteiger partial charge in [-0.2, -0.15) is 0 Å². The highest BCUT2D eigenvalue weighted by Gasteiger charge is 2.47. The number of ketones is 1. The lowest BCUT2D eigenvalue weighted by Crippen LogP contribution is -2.43. The second-order valence-electron chi connectivity index (χ2n) is 9.91. The summed E-state index contributed by atoms with van der Waals surface area (Å²) < 4.78 is 10.9. The summed E-state index contributed by atoms with van der Waals surface area (Å²) in [5, 5.41) is 14.8. The van der Waals surface area contributed by atoms with Crippen LogP contribution in [-0.4, -0.2) is 35.9 Å². The number of nitrogens with zero attached hydrogens (tertiary/aromatic N) is 1. The molecule has 0 bridgehead atoms. The Morgan fingerprint density at radius 3 is 2.47 bits per heavy atom. The highest BCUT2D eigenvalue weighted by molar-refractivity contribution is 6.12. The second-order valence-corrected chi connectivity index (χ2v) is 9.91. The molecule has 0 spiro atoms. The third-order valence-electron chi connectivity index (χ3n) is 7.45. The van der Waals surface area contributed by atoms with E-state index in [2.05, 4.69) is 5.32 Å². The molecular weight excluding hydrogens is 464 g/mol. The molecule has 36 heavy (non-hydrogen) atoms. The van der Waals surface area contributed by atoms with Crippen molar-refractivity contribution in [3.63, 3.8) is 0 Å². The van der Waals surface area contributed by atoms with Crippen LogP contribution in [-0.2, 0) is 23.9 Å². The van der Waals surface area contributed by atoms with Gasteiger partial charge in [-0.3, -0.25) is 19.7 Å². The zero-order valence-electron chi connectivity index (χ0n) is 20.9. The van der Waals surface area contributed by atoms with Gasteiger partial charge in [0.15, 0.2) is 5.78 Å². The van der Waals surface area contributed by atoms with Crippen LogP contribution in [0.3, 0.4) is 0 Å². The van der Waals surface area contributed by atoms with E-state index in [0.717, 1.165) is 38.5 Å². The largest absolute Gasteiger partial charge is 0.468 e. The molecule has 2 aliphatic carbocycles. The van der Waals surface area contributed by atoms with Gasteiger partial charge in [0.05, 0.1) is 17.6 Å². The Kier molecular flexibility index (Phi) is 7.56. The highest BCUT2D eigenvalue weighted by Crippen LogP contribution is 2.46. The van der Waals surface area contributed by atoms with Crippen LogP contribution in [0.25, 0.3) is 0 Å². The van der Waals surface area contributed by atoms with Gasteiger partial charge in [-0.1, -0.05) is 31.9 Å². The molecule has 1 N–H and O–H groups in total. The summed E-state index contributed by atoms with van der Waals surface area (Å²) in [5.74, 6) is -3.84. The number of ether oxygens (including phenoxy) is 2. The first-order chi connectivity index (χ1) is 17.2. The van der Waals surface area contributed by atoms with Crippen molar-refractivity contribution in [2.75, 3.05) is 7.11 Å². The number of benzene rings is 1. The van der Waals surface area contributed by atoms with Crippen molar-refractivity contribution in [2.24, 2.45) is 11.8 Å². The first kappa shape index (κ1) is 25.6. The van der Waals surface area contributed by atoms with Gasteiger partial charge >= 0.3 is 11.9 Å². The molecule has 0 amide bonds. The van der Waals surface area contributed by atoms with Crippen LogP contribution in [0.2, 0.25) is 0 Å². The van der Waals surface area contributed by atoms with E-state index in [4.69, 9.17) is 9.47 Å². The number of Topliss-reactive ketones (excluding diaryl/α,β-unsaturated/α-hetero) is 1. The normalized spacial score (nSPS) is 25.0. The van der Waals surface area contributed by atoms with Crippen molar-refractivity contribution in [3.8, 4) is 0 Å². The average molecular weight is 497 g/mol. The van der Waals surface area contributed by atoms with Crippen LogP contribution in [0.5, 0.6) is 0 Å². The first-order valence-electron chi connectivity index (χ1n) is 12.5. The quantitative estimate of drug-likeness (QED) is 0.208. The third-order valence-corrected chi connectivity index (χ3v) is 7.45. The summed E-state index contributed by atoms with van der Waals surface area (Å²) in [4.78, 5) is 51.0. The van der Waals surface area contributed by atoms with Crippen molar-refractivity contribution < 1.29 is 28.8 Å². The number of carbonyl (C=O) groups is 3. The molecule has 1 aromatic rings. The fraction of sp³-hybridized carbons (Fsp3) is 0.519. The van der Waals surface area contributed by atoms with Gasteiger partial charge in [-0.05, 0) is 50.5 Å². The van der Waals surface area contributed by atoms with Gasteiger partial charge in [0.2, 0.25) is 0 Å². The van der Waals surface area contributed by atoms with E-state index < -0.39 is 34.5 Å². The smallest absolute Gasteiger partial charge is 0.337 e. The van der Waals surface area contributed by atoms with Crippen LogP contribution in [0.1, 0.15) is 70.3 Å². The van der Waals surface area contributed by atoms with E-state index in [1.165, 1.54) is 25.3 Å². The van der Waals surface area contributed by atoms with Gasteiger partial charge in [-0.25, -0.2) is 4.79 Å². The molecular formula is C27H32N2O7. The van der Waals surface area contributed by atoms with Gasteiger partial charge in [-0.15, -0.1) is 0 Å². The number of esters is 2. The van der Waals surface area contributed by atoms with E-state index in [1.807, 2.05) is 6.92 Å². The Bertz CT molecular complexity index is 1140. The number of hydrogen-bond donors (Lipinski definition) is 1. The molecule has 4 rings (SSSR count). The maximum atomic E-state index is 13.8. The number of allylic oxidation sites excluding steroid dienone is 3. The van der Waals surface area contributed by atoms with Crippen LogP contribution in [0.4, 0.5) is 5.69 Å². The summed E-state index contributed by atoms with van der Waals surface area (Å²) in [6.07, 6.45) is 5.91. The molecule has 1 heterocycles. The van der Waals surface area contributed by atoms with Gasteiger partial charge in [0.25, 0.3) is 5.69 Å². The van der Waals surface area contributed by atoms with Gasteiger partial charge in [0, 0.05) is 35.0 Å². The van der Waals surface area contributed by atoms with Crippen LogP contribution < -0.4 is 5.32 Å². The minimum Gasteiger partial charge on any atom is -0.468 e. The molecule has 0 radical (unpaired) electrons. The fourth-order valence-corrected chi connectivity index (χ4v) is 5.68. The summed E-state index contributed by atoms with van der Waals surface area (Å²) >= 11 is 0. The molecule has 1 aromatic carbocycles. The highest BCUT2D eigenvalue weighted by atomic mass is 16.6. The molecule has 3 atom stereocenters. The maximum Gasteiger partial charge on any atom is 0.337 e. The molecule has 0 saturated heterocycles. The molecule has 9 heteroatoms. The average Bonchev–Trinajstić information content (AvgIpc) is 3.11. The predicted molar refractivity (Wildman–Crippen MR) is 131 cm³/mol. The Balaban J connectivity index is 1.80. The molecule has 1 fully saturated rings. The number of methoxy groups -OCH3 is 1. The molecule has 3 aliphatic rings. The summed E-state index contributed by atoms with van der Waals surface area (Å²) in [5.41, 5.74) is 1.95. The molecule has 0 aromatic heterocycles. The monoisotopic (exact) mass is 496 g/mol. The van der Waals surface area contributed by atoms with Crippen LogP contribution >= 0.6 is 0 Å². The van der Waals surface area contributed by atoms with Gasteiger partial charge in [0.1, 0.15) is 12.0 Å². The number of carbonyl (C=O) groups excluding carboxylic acids is 3. The standard InChI is InChI=1S/C27H32N2O7/c1-15-13-20-24(25(30)21(15)26(31)35-3)23(17-9-8-10-18(14-17)29(33)34)22(16(2)28-20)27(32)36-19-11-6-4-5-7-12-19/h8-10,14-15,19,21,23,28H,4-7,11-13H2,1-3H3/t15-,21-,23-/m1/s1. The second kappa shape index (κ2) is 10.6. The Morgan fingerprint density at radius 1 is 1.14 bits per heavy atom. The number of non-ortho nitro benzene ring substituents is 1. The number of nitro groups is 1. The lowest BCUT2D eigenvalue weighted by atomic mass is 9.69. The number of hydrogen-bond acceptors (Lipinski definition) is 8. The Labute approximate surface area is 210 Å². The van der Waals surface area contributed by atoms with E-state index in [0.29, 0.717) is 23.4 Å². The molecule has 0 unspecified atom stereocenters. The van der Waals surface area contributed by atoms with E-state index >= 15 is 0 Å². The number of nitro benzene ring substituents is 1. The molecule has 9 nitrogen and oxygen atoms in total. The zero-order valence-corrected chi connectivity index (χ0v) is 20.9. The van der Waals surface area contributed by atoms with Crippen molar-refractivity contribution in [2.45, 2.75) is 70.8 Å². The minimum absolute atomic E-state index is 0.150. The third kappa shape index (κ3) is 4.92. The van der Waals surface area contributed by atoms with Crippen LogP contribution in [0, 0.1) is 22.0 Å². The molecule has 1 aliphatic heterocycles. The van der Waals surface area contributed by atoms with Crippen molar-refractivity contribution in [1.82, 2.24) is 5.32 Å². The van der Waals surface area contributed by atoms with E-state index in [1.54, 1.807) is 13.0 Å². The summed E-state index contributed by atoms with van der Waals surface area (Å²) in [6.45, 7) is 3.56. The number of nitrogens with one attached hydrogen (secondary N) is 1. The Morgan fingerprint density at radius 2 is 1.83 bits per heavy atom. The first-order valence-corrected chi connectivity index (χ1v) is 12.5. The number of rotatable bonds is 5. The number of dihydropyridines is 1. The zero-order chi connectivity index (χ0) is 26.0. The topological polar surface area (TPSA) is 125 Å². The lowest BCUT2D eigenvalue weighted by molar-refractivity contribution is -0.384. The van der Waals surface area contributed by atoms with E-state index in [9.17, 15) is 24.5 Å². The fourth-order valence-electron chi connectivity index (χ4n) is 5.68. The maximum absolute atomic E-state index is 13.8. The molecule has 192 valence electrons. The summed E-state index contributed by atoms with van der Waals surface area (Å²) in [7, 11) is 1.24. The Hall–Kier alpha value is -3.49. The lowest BCUT2D eigenvalue weighted by Gasteiger charge is -2.38. The van der Waals surface area contributed by atoms with Crippen molar-refractivity contribution in [1.29, 1.82) is 0 Å². The van der Waals surface area contributed by atoms with Crippen molar-refractivity contribution >= 4 is 23.4 Å². The minimum atomic E-state index is -1.02. The van der Waals surface area contributed by atoms with E-state index in [-0.39, 0.29) is 28.9 Å². The van der Waals surface area contributed by atoms with Gasteiger partial charge < -0.3 is 14.8 Å². The van der Waals surface area contributed by atoms with Crippen molar-refractivity contribution in [3.05, 3.63) is 62.5 Å². The van der Waals surface area contributed by atoms with Crippen LogP contribution in [0.15, 0.2) is 46.8 Å². The summed E-state index contributed by atoms with van der Waals surface area (Å²) in [6, 6.07) is 5.94.